The SMILES string of the molecule is CC(C)c1ccccc1-c1ccc(N2CC[C@H](Sc3nccs3)C2)c(CO)c1. The van der Waals surface area contributed by atoms with Crippen molar-refractivity contribution in [3.05, 3.63) is 65.2 Å². The lowest BCUT2D eigenvalue weighted by Crippen LogP contribution is -2.21. The van der Waals surface area contributed by atoms with Crippen molar-refractivity contribution in [2.75, 3.05) is 18.0 Å². The van der Waals surface area contributed by atoms with E-state index in [0.717, 1.165) is 35.1 Å². The fourth-order valence-corrected chi connectivity index (χ4v) is 5.95. The molecule has 1 fully saturated rings. The number of thiazole rings is 1. The average Bonchev–Trinajstić information content (AvgIpc) is 3.40. The van der Waals surface area contributed by atoms with Crippen LogP contribution in [0.3, 0.4) is 0 Å². The average molecular weight is 411 g/mol. The van der Waals surface area contributed by atoms with Crippen molar-refractivity contribution in [2.45, 2.75) is 42.4 Å². The van der Waals surface area contributed by atoms with E-state index in [4.69, 9.17) is 0 Å². The number of thioether (sulfide) groups is 1. The van der Waals surface area contributed by atoms with Crippen LogP contribution in [0.15, 0.2) is 58.4 Å². The van der Waals surface area contributed by atoms with Crippen LogP contribution in [0.25, 0.3) is 11.1 Å². The van der Waals surface area contributed by atoms with Gasteiger partial charge in [-0.3, -0.25) is 0 Å². The van der Waals surface area contributed by atoms with Gasteiger partial charge in [0.05, 0.1) is 6.61 Å². The molecule has 146 valence electrons. The first-order valence-corrected chi connectivity index (χ1v) is 11.6. The van der Waals surface area contributed by atoms with Crippen molar-refractivity contribution in [1.82, 2.24) is 4.98 Å². The summed E-state index contributed by atoms with van der Waals surface area (Å²) in [6.07, 6.45) is 3.02. The summed E-state index contributed by atoms with van der Waals surface area (Å²) in [5, 5.41) is 12.7. The van der Waals surface area contributed by atoms with Gasteiger partial charge in [-0.2, -0.15) is 0 Å². The Hall–Kier alpha value is -1.82. The normalized spacial score (nSPS) is 16.9. The minimum Gasteiger partial charge on any atom is -0.392 e. The van der Waals surface area contributed by atoms with Crippen LogP contribution in [0.4, 0.5) is 5.69 Å². The lowest BCUT2D eigenvalue weighted by atomic mass is 9.91. The van der Waals surface area contributed by atoms with E-state index in [2.05, 4.69) is 66.2 Å². The summed E-state index contributed by atoms with van der Waals surface area (Å²) in [6.45, 7) is 6.54. The van der Waals surface area contributed by atoms with Crippen molar-refractivity contribution < 1.29 is 5.11 Å². The van der Waals surface area contributed by atoms with Crippen molar-refractivity contribution in [2.24, 2.45) is 0 Å². The lowest BCUT2D eigenvalue weighted by molar-refractivity contribution is 0.282. The second kappa shape index (κ2) is 8.68. The summed E-state index contributed by atoms with van der Waals surface area (Å²) < 4.78 is 1.15. The van der Waals surface area contributed by atoms with Gasteiger partial charge in [-0.15, -0.1) is 11.3 Å². The molecule has 2 aromatic carbocycles. The zero-order valence-corrected chi connectivity index (χ0v) is 18.0. The standard InChI is InChI=1S/C23H26N2OS2/c1-16(2)20-5-3-4-6-21(20)17-7-8-22(18(13-17)15-26)25-11-9-19(14-25)28-23-24-10-12-27-23/h3-8,10,12-13,16,19,26H,9,11,14-15H2,1-2H3/t19-/m0/s1. The van der Waals surface area contributed by atoms with E-state index in [0.29, 0.717) is 11.2 Å². The molecular formula is C23H26N2OS2. The zero-order chi connectivity index (χ0) is 19.5. The van der Waals surface area contributed by atoms with Gasteiger partial charge in [0, 0.05) is 41.2 Å². The smallest absolute Gasteiger partial charge is 0.150 e. The highest BCUT2D eigenvalue weighted by Gasteiger charge is 2.26. The minimum atomic E-state index is 0.0633. The maximum atomic E-state index is 10.1. The summed E-state index contributed by atoms with van der Waals surface area (Å²) in [4.78, 5) is 6.81. The Morgan fingerprint density at radius 1 is 1.25 bits per heavy atom. The monoisotopic (exact) mass is 410 g/mol. The second-order valence-electron chi connectivity index (χ2n) is 7.52. The summed E-state index contributed by atoms with van der Waals surface area (Å²) in [5.74, 6) is 0.468. The van der Waals surface area contributed by atoms with E-state index in [1.165, 1.54) is 16.7 Å². The van der Waals surface area contributed by atoms with Gasteiger partial charge >= 0.3 is 0 Å². The molecule has 0 spiro atoms. The van der Waals surface area contributed by atoms with E-state index in [1.807, 2.05) is 23.3 Å². The summed E-state index contributed by atoms with van der Waals surface area (Å²) >= 11 is 3.59. The van der Waals surface area contributed by atoms with E-state index >= 15 is 0 Å². The number of hydrogen-bond donors (Lipinski definition) is 1. The third-order valence-corrected chi connectivity index (χ3v) is 7.47. The third-order valence-electron chi connectivity index (χ3n) is 5.31. The zero-order valence-electron chi connectivity index (χ0n) is 16.3. The predicted molar refractivity (Wildman–Crippen MR) is 120 cm³/mol. The van der Waals surface area contributed by atoms with E-state index in [1.54, 1.807) is 11.3 Å². The van der Waals surface area contributed by atoms with Crippen molar-refractivity contribution in [3.8, 4) is 11.1 Å². The Balaban J connectivity index is 1.57. The number of aliphatic hydroxyl groups excluding tert-OH is 1. The first-order chi connectivity index (χ1) is 13.7. The maximum absolute atomic E-state index is 10.1. The Kier molecular flexibility index (Phi) is 6.04. The summed E-state index contributed by atoms with van der Waals surface area (Å²) in [5.41, 5.74) is 5.97. The number of rotatable bonds is 6. The first kappa shape index (κ1) is 19.5. The van der Waals surface area contributed by atoms with Gasteiger partial charge in [0.15, 0.2) is 0 Å². The van der Waals surface area contributed by atoms with Gasteiger partial charge in [0.25, 0.3) is 0 Å². The van der Waals surface area contributed by atoms with Crippen molar-refractivity contribution in [3.63, 3.8) is 0 Å². The molecule has 0 aliphatic carbocycles. The molecule has 3 aromatic rings. The van der Waals surface area contributed by atoms with Gasteiger partial charge in [-0.25, -0.2) is 4.98 Å². The molecule has 1 atom stereocenters. The number of anilines is 1. The van der Waals surface area contributed by atoms with E-state index in [-0.39, 0.29) is 6.61 Å². The molecule has 0 amide bonds. The van der Waals surface area contributed by atoms with Gasteiger partial charge in [-0.05, 0) is 41.2 Å². The Morgan fingerprint density at radius 3 is 2.86 bits per heavy atom. The topological polar surface area (TPSA) is 36.4 Å². The second-order valence-corrected chi connectivity index (χ2v) is 9.96. The van der Waals surface area contributed by atoms with Crippen LogP contribution in [0.2, 0.25) is 0 Å². The molecule has 0 bridgehead atoms. The highest BCUT2D eigenvalue weighted by molar-refractivity contribution is 8.01. The van der Waals surface area contributed by atoms with Gasteiger partial charge in [0.2, 0.25) is 0 Å². The van der Waals surface area contributed by atoms with Gasteiger partial charge in [-0.1, -0.05) is 55.9 Å². The highest BCUT2D eigenvalue weighted by atomic mass is 32.2. The van der Waals surface area contributed by atoms with E-state index in [9.17, 15) is 5.11 Å². The summed E-state index contributed by atoms with van der Waals surface area (Å²) in [7, 11) is 0. The molecule has 4 rings (SSSR count). The molecule has 0 unspecified atom stereocenters. The quantitative estimate of drug-likeness (QED) is 0.557. The predicted octanol–water partition coefficient (Wildman–Crippen LogP) is 5.80. The molecule has 0 radical (unpaired) electrons. The summed E-state index contributed by atoms with van der Waals surface area (Å²) in [6, 6.07) is 15.1. The minimum absolute atomic E-state index is 0.0633. The number of hydrogen-bond acceptors (Lipinski definition) is 5. The fourth-order valence-electron chi connectivity index (χ4n) is 3.91. The highest BCUT2D eigenvalue weighted by Crippen LogP contribution is 2.36. The molecule has 1 saturated heterocycles. The van der Waals surface area contributed by atoms with Crippen LogP contribution in [0.1, 0.15) is 37.3 Å². The van der Waals surface area contributed by atoms with Crippen molar-refractivity contribution in [1.29, 1.82) is 0 Å². The molecular weight excluding hydrogens is 384 g/mol. The fraction of sp³-hybridized carbons (Fsp3) is 0.348. The maximum Gasteiger partial charge on any atom is 0.150 e. The van der Waals surface area contributed by atoms with Crippen LogP contribution in [-0.2, 0) is 6.61 Å². The Bertz CT molecular complexity index is 924. The third kappa shape index (κ3) is 4.12. The molecule has 1 aliphatic rings. The molecule has 5 heteroatoms. The lowest BCUT2D eigenvalue weighted by Gasteiger charge is -2.23. The van der Waals surface area contributed by atoms with Gasteiger partial charge < -0.3 is 10.0 Å². The number of nitrogens with zero attached hydrogens (tertiary/aromatic N) is 2. The van der Waals surface area contributed by atoms with E-state index < -0.39 is 0 Å². The first-order valence-electron chi connectivity index (χ1n) is 9.80. The van der Waals surface area contributed by atoms with Crippen LogP contribution in [-0.4, -0.2) is 28.4 Å². The molecule has 3 nitrogen and oxygen atoms in total. The molecule has 1 N–H and O–H groups in total. The number of aliphatic hydroxyl groups is 1. The molecule has 0 saturated carbocycles. The number of aromatic nitrogens is 1. The molecule has 28 heavy (non-hydrogen) atoms. The van der Waals surface area contributed by atoms with Crippen LogP contribution < -0.4 is 4.90 Å². The largest absolute Gasteiger partial charge is 0.392 e. The van der Waals surface area contributed by atoms with Crippen LogP contribution in [0.5, 0.6) is 0 Å². The Morgan fingerprint density at radius 2 is 2.11 bits per heavy atom. The molecule has 1 aliphatic heterocycles. The van der Waals surface area contributed by atoms with Gasteiger partial charge in [0.1, 0.15) is 4.34 Å². The molecule has 2 heterocycles. The molecule has 1 aromatic heterocycles. The Labute approximate surface area is 175 Å². The van der Waals surface area contributed by atoms with Crippen LogP contribution in [0, 0.1) is 0 Å². The van der Waals surface area contributed by atoms with Crippen molar-refractivity contribution >= 4 is 28.8 Å². The number of benzene rings is 2. The van der Waals surface area contributed by atoms with Crippen LogP contribution >= 0.6 is 23.1 Å².